The van der Waals surface area contributed by atoms with Crippen molar-refractivity contribution in [3.8, 4) is 0 Å². The number of rotatable bonds is 5. The molecule has 0 radical (unpaired) electrons. The minimum Gasteiger partial charge on any atom is -0.479 e. The third kappa shape index (κ3) is 3.65. The Morgan fingerprint density at radius 3 is 2.39 bits per heavy atom. The van der Waals surface area contributed by atoms with Crippen LogP contribution in [0.5, 0.6) is 0 Å². The Hall–Kier alpha value is -2.48. The van der Waals surface area contributed by atoms with Crippen molar-refractivity contribution in [2.45, 2.75) is 24.3 Å². The molecule has 2 rings (SSSR count). The summed E-state index contributed by atoms with van der Waals surface area (Å²) < 4.78 is 12.6. The molecule has 1 aromatic carbocycles. The number of nitrogens with zero attached hydrogens (tertiary/aromatic N) is 2. The van der Waals surface area contributed by atoms with E-state index < -0.39 is 22.3 Å². The first-order valence-electron chi connectivity index (χ1n) is 6.75. The van der Waals surface area contributed by atoms with E-state index in [0.29, 0.717) is 16.1 Å². The van der Waals surface area contributed by atoms with Gasteiger partial charge in [-0.05, 0) is 38.1 Å². The van der Waals surface area contributed by atoms with Crippen molar-refractivity contribution < 1.29 is 18.9 Å². The topological polar surface area (TPSA) is 101 Å². The normalized spacial score (nSPS) is 12.7. The van der Waals surface area contributed by atoms with Crippen LogP contribution >= 0.6 is 0 Å². The van der Waals surface area contributed by atoms with E-state index in [1.165, 1.54) is 30.9 Å². The Bertz CT molecular complexity index is 765. The van der Waals surface area contributed by atoms with Crippen LogP contribution in [0.4, 0.5) is 5.69 Å². The molecular weight excluding hydrogens is 318 g/mol. The number of carbonyl (C=O) groups is 2. The van der Waals surface area contributed by atoms with Crippen LogP contribution in [0.25, 0.3) is 0 Å². The van der Waals surface area contributed by atoms with Crippen LogP contribution in [-0.2, 0) is 21.1 Å². The average molecular weight is 335 g/mol. The predicted molar refractivity (Wildman–Crippen MR) is 85.9 cm³/mol. The van der Waals surface area contributed by atoms with Gasteiger partial charge in [0.2, 0.25) is 0 Å². The van der Waals surface area contributed by atoms with Gasteiger partial charge in [-0.15, -0.1) is 0 Å². The van der Waals surface area contributed by atoms with Gasteiger partial charge in [-0.2, -0.15) is 5.10 Å². The molecule has 0 fully saturated rings. The average Bonchev–Trinajstić information content (AvgIpc) is 2.96. The van der Waals surface area contributed by atoms with Crippen LogP contribution in [-0.4, -0.2) is 37.2 Å². The number of carbonyl (C=O) groups excluding carboxylic acids is 1. The van der Waals surface area contributed by atoms with E-state index in [1.807, 2.05) is 0 Å². The van der Waals surface area contributed by atoms with Crippen molar-refractivity contribution in [1.29, 1.82) is 0 Å². The molecule has 1 unspecified atom stereocenters. The summed E-state index contributed by atoms with van der Waals surface area (Å²) in [6.07, 6.45) is 4.41. The second kappa shape index (κ2) is 6.33. The highest BCUT2D eigenvalue weighted by atomic mass is 32.2. The lowest BCUT2D eigenvalue weighted by Gasteiger charge is -2.19. The Morgan fingerprint density at radius 1 is 1.26 bits per heavy atom. The molecule has 0 aliphatic carbocycles. The lowest BCUT2D eigenvalue weighted by molar-refractivity contribution is -0.146. The van der Waals surface area contributed by atoms with Crippen LogP contribution in [0.15, 0.2) is 41.6 Å². The zero-order valence-corrected chi connectivity index (χ0v) is 13.8. The zero-order chi connectivity index (χ0) is 17.2. The summed E-state index contributed by atoms with van der Waals surface area (Å²) in [6.45, 7) is 3.02. The van der Waals surface area contributed by atoms with Gasteiger partial charge < -0.3 is 10.4 Å². The maximum atomic E-state index is 12.1. The fourth-order valence-corrected chi connectivity index (χ4v) is 2.31. The van der Waals surface area contributed by atoms with Crippen molar-refractivity contribution in [2.75, 3.05) is 11.6 Å². The summed E-state index contributed by atoms with van der Waals surface area (Å²) in [4.78, 5) is 24.0. The third-order valence-electron chi connectivity index (χ3n) is 3.39. The van der Waals surface area contributed by atoms with E-state index in [4.69, 9.17) is 5.11 Å². The van der Waals surface area contributed by atoms with E-state index in [2.05, 4.69) is 10.4 Å². The number of aromatic nitrogens is 2. The number of benzene rings is 1. The number of anilines is 1. The summed E-state index contributed by atoms with van der Waals surface area (Å²) >= 11 is 0. The minimum atomic E-state index is -1.21. The van der Waals surface area contributed by atoms with Crippen LogP contribution < -0.4 is 5.32 Å². The SMILES string of the molecule is CS(=O)c1ccc(C(=O)Nc2cnn(C(C)(C)C(=O)O)c2)cc1. The Morgan fingerprint density at radius 2 is 1.87 bits per heavy atom. The van der Waals surface area contributed by atoms with E-state index in [9.17, 15) is 13.8 Å². The Kier molecular flexibility index (Phi) is 4.65. The van der Waals surface area contributed by atoms with Gasteiger partial charge in [0, 0.05) is 33.7 Å². The summed E-state index contributed by atoms with van der Waals surface area (Å²) in [5.74, 6) is -1.38. The molecule has 2 N–H and O–H groups in total. The van der Waals surface area contributed by atoms with Crippen molar-refractivity contribution >= 4 is 28.4 Å². The molecule has 0 saturated carbocycles. The molecule has 0 aliphatic heterocycles. The molecule has 7 nitrogen and oxygen atoms in total. The Labute approximate surface area is 135 Å². The maximum absolute atomic E-state index is 12.1. The second-order valence-corrected chi connectivity index (χ2v) is 6.85. The summed E-state index contributed by atoms with van der Waals surface area (Å²) in [6, 6.07) is 6.42. The molecule has 23 heavy (non-hydrogen) atoms. The zero-order valence-electron chi connectivity index (χ0n) is 12.9. The number of aliphatic carboxylic acids is 1. The number of amides is 1. The predicted octanol–water partition coefficient (Wildman–Crippen LogP) is 1.69. The van der Waals surface area contributed by atoms with Gasteiger partial charge in [-0.25, -0.2) is 4.79 Å². The molecule has 0 spiro atoms. The number of hydrogen-bond donors (Lipinski definition) is 2. The fourth-order valence-electron chi connectivity index (χ4n) is 1.79. The van der Waals surface area contributed by atoms with Crippen molar-refractivity contribution in [2.24, 2.45) is 0 Å². The van der Waals surface area contributed by atoms with Crippen LogP contribution in [0.1, 0.15) is 24.2 Å². The lowest BCUT2D eigenvalue weighted by Crippen LogP contribution is -2.35. The monoisotopic (exact) mass is 335 g/mol. The molecule has 122 valence electrons. The van der Waals surface area contributed by atoms with Gasteiger partial charge >= 0.3 is 5.97 Å². The highest BCUT2D eigenvalue weighted by Gasteiger charge is 2.30. The van der Waals surface area contributed by atoms with Gasteiger partial charge in [-0.1, -0.05) is 0 Å². The molecule has 0 bridgehead atoms. The molecule has 1 atom stereocenters. The largest absolute Gasteiger partial charge is 0.479 e. The number of nitrogens with one attached hydrogen (secondary N) is 1. The smallest absolute Gasteiger partial charge is 0.331 e. The lowest BCUT2D eigenvalue weighted by atomic mass is 10.1. The van der Waals surface area contributed by atoms with Crippen molar-refractivity contribution in [3.63, 3.8) is 0 Å². The minimum absolute atomic E-state index is 0.355. The highest BCUT2D eigenvalue weighted by Crippen LogP contribution is 2.18. The molecule has 1 heterocycles. The third-order valence-corrected chi connectivity index (χ3v) is 4.32. The first-order valence-corrected chi connectivity index (χ1v) is 8.31. The van der Waals surface area contributed by atoms with E-state index >= 15 is 0 Å². The number of carboxylic acids is 1. The van der Waals surface area contributed by atoms with Gasteiger partial charge in [0.1, 0.15) is 0 Å². The molecule has 0 aliphatic rings. The summed E-state index contributed by atoms with van der Waals surface area (Å²) in [7, 11) is -1.10. The Balaban J connectivity index is 2.13. The van der Waals surface area contributed by atoms with Crippen LogP contribution in [0.2, 0.25) is 0 Å². The van der Waals surface area contributed by atoms with Crippen LogP contribution in [0, 0.1) is 0 Å². The highest BCUT2D eigenvalue weighted by molar-refractivity contribution is 7.84. The molecule has 0 saturated heterocycles. The van der Waals surface area contributed by atoms with E-state index in [-0.39, 0.29) is 5.91 Å². The molecular formula is C15H17N3O4S. The summed E-state index contributed by atoms with van der Waals surface area (Å²) in [5.41, 5.74) is -0.410. The molecule has 1 amide bonds. The first-order chi connectivity index (χ1) is 10.7. The van der Waals surface area contributed by atoms with E-state index in [1.54, 1.807) is 30.5 Å². The van der Waals surface area contributed by atoms with Gasteiger partial charge in [0.15, 0.2) is 5.54 Å². The van der Waals surface area contributed by atoms with Gasteiger partial charge in [0.25, 0.3) is 5.91 Å². The number of carboxylic acid groups (broad SMARTS) is 1. The van der Waals surface area contributed by atoms with Crippen LogP contribution in [0.3, 0.4) is 0 Å². The van der Waals surface area contributed by atoms with Gasteiger partial charge in [0.05, 0.1) is 11.9 Å². The van der Waals surface area contributed by atoms with E-state index in [0.717, 1.165) is 0 Å². The van der Waals surface area contributed by atoms with Crippen molar-refractivity contribution in [1.82, 2.24) is 9.78 Å². The quantitative estimate of drug-likeness (QED) is 0.866. The van der Waals surface area contributed by atoms with Gasteiger partial charge in [-0.3, -0.25) is 13.7 Å². The first kappa shape index (κ1) is 16.9. The maximum Gasteiger partial charge on any atom is 0.331 e. The summed E-state index contributed by atoms with van der Waals surface area (Å²) in [5, 5.41) is 15.8. The fraction of sp³-hybridized carbons (Fsp3) is 0.267. The molecule has 8 heteroatoms. The molecule has 2 aromatic rings. The number of hydrogen-bond acceptors (Lipinski definition) is 4. The second-order valence-electron chi connectivity index (χ2n) is 5.47. The van der Waals surface area contributed by atoms with Crippen molar-refractivity contribution in [3.05, 3.63) is 42.2 Å². The standard InChI is InChI=1S/C15H17N3O4S/c1-15(2,14(20)21)18-9-11(8-16-18)17-13(19)10-4-6-12(7-5-10)23(3)22/h4-9H,1-3H3,(H,17,19)(H,20,21). The molecule has 1 aromatic heterocycles.